The number of ether oxygens (including phenoxy) is 2. The van der Waals surface area contributed by atoms with Crippen LogP contribution in [0.25, 0.3) is 11.3 Å². The van der Waals surface area contributed by atoms with Crippen LogP contribution < -0.4 is 14.5 Å². The molecule has 5 rings (SSSR count). The highest BCUT2D eigenvalue weighted by Gasteiger charge is 2.29. The lowest BCUT2D eigenvalue weighted by Crippen LogP contribution is -2.37. The van der Waals surface area contributed by atoms with Crippen LogP contribution in [-0.4, -0.2) is 49.9 Å². The largest absolute Gasteiger partial charge is 0.497 e. The van der Waals surface area contributed by atoms with E-state index in [1.165, 1.54) is 0 Å². The Morgan fingerprint density at radius 2 is 1.80 bits per heavy atom. The Bertz CT molecular complexity index is 1050. The van der Waals surface area contributed by atoms with Crippen molar-refractivity contribution in [1.29, 1.82) is 0 Å². The first kappa shape index (κ1) is 19.2. The Morgan fingerprint density at radius 3 is 2.57 bits per heavy atom. The van der Waals surface area contributed by atoms with Crippen molar-refractivity contribution in [3.8, 4) is 17.0 Å². The molecule has 3 heterocycles. The first-order valence-corrected chi connectivity index (χ1v) is 10.5. The molecule has 0 saturated carbocycles. The number of nitrogens with zero attached hydrogens (tertiary/aromatic N) is 4. The number of morpholine rings is 1. The maximum Gasteiger partial charge on any atom is 0.228 e. The molecule has 2 aliphatic rings. The Labute approximate surface area is 181 Å². The first-order chi connectivity index (χ1) is 14.7. The molecule has 7 heteroatoms. The lowest BCUT2D eigenvalue weighted by Gasteiger charge is -2.28. The van der Waals surface area contributed by atoms with E-state index in [1.807, 2.05) is 42.5 Å². The average Bonchev–Trinajstić information content (AvgIpc) is 3.23. The maximum absolute atomic E-state index is 6.10. The number of benzene rings is 2. The van der Waals surface area contributed by atoms with Gasteiger partial charge in [0.05, 0.1) is 26.0 Å². The average molecular weight is 423 g/mol. The molecule has 0 N–H and O–H groups in total. The number of fused-ring (bicyclic) bond motifs is 1. The van der Waals surface area contributed by atoms with Gasteiger partial charge in [-0.2, -0.15) is 4.98 Å². The fourth-order valence-electron chi connectivity index (χ4n) is 4.03. The van der Waals surface area contributed by atoms with Gasteiger partial charge in [0.25, 0.3) is 0 Å². The molecule has 0 radical (unpaired) electrons. The molecule has 0 aliphatic carbocycles. The third-order valence-corrected chi connectivity index (χ3v) is 5.84. The van der Waals surface area contributed by atoms with Gasteiger partial charge in [0.2, 0.25) is 5.95 Å². The summed E-state index contributed by atoms with van der Waals surface area (Å²) in [6.07, 6.45) is 0.883. The Kier molecular flexibility index (Phi) is 5.19. The molecule has 2 aromatic carbocycles. The van der Waals surface area contributed by atoms with Crippen molar-refractivity contribution in [2.75, 3.05) is 49.8 Å². The van der Waals surface area contributed by atoms with Crippen molar-refractivity contribution in [3.05, 3.63) is 59.1 Å². The van der Waals surface area contributed by atoms with Gasteiger partial charge in [0, 0.05) is 41.5 Å². The molecule has 1 aromatic heterocycles. The maximum atomic E-state index is 6.10. The molecular formula is C23H23ClN4O2. The van der Waals surface area contributed by atoms with E-state index < -0.39 is 0 Å². The quantitative estimate of drug-likeness (QED) is 0.623. The summed E-state index contributed by atoms with van der Waals surface area (Å²) in [7, 11) is 1.69. The normalized spacial score (nSPS) is 15.9. The van der Waals surface area contributed by atoms with E-state index in [0.717, 1.165) is 71.1 Å². The molecule has 0 bridgehead atoms. The summed E-state index contributed by atoms with van der Waals surface area (Å²) in [4.78, 5) is 14.5. The van der Waals surface area contributed by atoms with E-state index in [9.17, 15) is 0 Å². The van der Waals surface area contributed by atoms with Crippen molar-refractivity contribution in [3.63, 3.8) is 0 Å². The number of anilines is 3. The molecule has 0 unspecified atom stereocenters. The number of hydrogen-bond donors (Lipinski definition) is 0. The summed E-state index contributed by atoms with van der Waals surface area (Å²) in [5.74, 6) is 2.53. The number of halogens is 1. The second-order valence-corrected chi connectivity index (χ2v) is 7.82. The SMILES string of the molecule is COc1cccc(-c2nc(N3CCOCC3)nc3c2CCN3c2ccc(Cl)cc2)c1. The van der Waals surface area contributed by atoms with Crippen LogP contribution in [0.5, 0.6) is 5.75 Å². The van der Waals surface area contributed by atoms with Crippen molar-refractivity contribution in [2.45, 2.75) is 6.42 Å². The van der Waals surface area contributed by atoms with Crippen LogP contribution in [0.15, 0.2) is 48.5 Å². The molecule has 154 valence electrons. The zero-order chi connectivity index (χ0) is 20.5. The molecule has 3 aromatic rings. The van der Waals surface area contributed by atoms with Gasteiger partial charge in [0.1, 0.15) is 11.6 Å². The van der Waals surface area contributed by atoms with Gasteiger partial charge in [-0.15, -0.1) is 0 Å². The minimum absolute atomic E-state index is 0.690. The lowest BCUT2D eigenvalue weighted by atomic mass is 10.1. The van der Waals surface area contributed by atoms with Crippen LogP contribution in [0.3, 0.4) is 0 Å². The van der Waals surface area contributed by atoms with Crippen molar-refractivity contribution < 1.29 is 9.47 Å². The lowest BCUT2D eigenvalue weighted by molar-refractivity contribution is 0.122. The van der Waals surface area contributed by atoms with Gasteiger partial charge < -0.3 is 19.3 Å². The monoisotopic (exact) mass is 422 g/mol. The first-order valence-electron chi connectivity index (χ1n) is 10.1. The summed E-state index contributed by atoms with van der Waals surface area (Å²) in [6.45, 7) is 3.81. The van der Waals surface area contributed by atoms with E-state index >= 15 is 0 Å². The molecule has 1 fully saturated rings. The van der Waals surface area contributed by atoms with Crippen LogP contribution in [-0.2, 0) is 11.2 Å². The highest BCUT2D eigenvalue weighted by atomic mass is 35.5. The van der Waals surface area contributed by atoms with Crippen molar-refractivity contribution in [1.82, 2.24) is 9.97 Å². The van der Waals surface area contributed by atoms with Gasteiger partial charge in [0.15, 0.2) is 0 Å². The summed E-state index contributed by atoms with van der Waals surface area (Å²) in [5.41, 5.74) is 4.26. The van der Waals surface area contributed by atoms with Gasteiger partial charge in [-0.1, -0.05) is 23.7 Å². The predicted octanol–water partition coefficient (Wildman–Crippen LogP) is 4.34. The van der Waals surface area contributed by atoms with Crippen LogP contribution in [0, 0.1) is 0 Å². The molecule has 0 atom stereocenters. The minimum atomic E-state index is 0.690. The zero-order valence-corrected chi connectivity index (χ0v) is 17.6. The summed E-state index contributed by atoms with van der Waals surface area (Å²) < 4.78 is 11.0. The Hall–Kier alpha value is -2.83. The molecule has 2 aliphatic heterocycles. The van der Waals surface area contributed by atoms with Crippen LogP contribution >= 0.6 is 11.6 Å². The van der Waals surface area contributed by atoms with Crippen molar-refractivity contribution >= 4 is 29.1 Å². The smallest absolute Gasteiger partial charge is 0.228 e. The Morgan fingerprint density at radius 1 is 1.00 bits per heavy atom. The molecule has 0 amide bonds. The standard InChI is InChI=1S/C23H23ClN4O2/c1-29-19-4-2-3-16(15-19)21-20-9-10-28(18-7-5-17(24)6-8-18)22(20)26-23(25-21)27-11-13-30-14-12-27/h2-8,15H,9-14H2,1H3. The minimum Gasteiger partial charge on any atom is -0.497 e. The van der Waals surface area contributed by atoms with Gasteiger partial charge >= 0.3 is 0 Å². The van der Waals surface area contributed by atoms with E-state index in [1.54, 1.807) is 7.11 Å². The van der Waals surface area contributed by atoms with E-state index in [2.05, 4.69) is 15.9 Å². The summed E-state index contributed by atoms with van der Waals surface area (Å²) in [5, 5.41) is 0.729. The number of methoxy groups -OCH3 is 1. The third kappa shape index (κ3) is 3.57. The second kappa shape index (κ2) is 8.13. The molecular weight excluding hydrogens is 400 g/mol. The molecule has 6 nitrogen and oxygen atoms in total. The number of aromatic nitrogens is 2. The zero-order valence-electron chi connectivity index (χ0n) is 16.8. The van der Waals surface area contributed by atoms with Crippen molar-refractivity contribution in [2.24, 2.45) is 0 Å². The topological polar surface area (TPSA) is 50.7 Å². The predicted molar refractivity (Wildman–Crippen MR) is 119 cm³/mol. The van der Waals surface area contributed by atoms with Gasteiger partial charge in [-0.05, 0) is 42.8 Å². The number of hydrogen-bond acceptors (Lipinski definition) is 6. The van der Waals surface area contributed by atoms with Gasteiger partial charge in [-0.25, -0.2) is 4.98 Å². The van der Waals surface area contributed by atoms with Crippen LogP contribution in [0.2, 0.25) is 5.02 Å². The molecule has 1 saturated heterocycles. The fraction of sp³-hybridized carbons (Fsp3) is 0.304. The highest BCUT2D eigenvalue weighted by Crippen LogP contribution is 2.40. The van der Waals surface area contributed by atoms with Crippen LogP contribution in [0.4, 0.5) is 17.5 Å². The molecule has 30 heavy (non-hydrogen) atoms. The van der Waals surface area contributed by atoms with E-state index in [-0.39, 0.29) is 0 Å². The number of rotatable bonds is 4. The van der Waals surface area contributed by atoms with Gasteiger partial charge in [-0.3, -0.25) is 0 Å². The summed E-state index contributed by atoms with van der Waals surface area (Å²) >= 11 is 6.10. The summed E-state index contributed by atoms with van der Waals surface area (Å²) in [6, 6.07) is 16.0. The van der Waals surface area contributed by atoms with E-state index in [4.69, 9.17) is 31.0 Å². The second-order valence-electron chi connectivity index (χ2n) is 7.38. The third-order valence-electron chi connectivity index (χ3n) is 5.59. The Balaban J connectivity index is 1.64. The highest BCUT2D eigenvalue weighted by molar-refractivity contribution is 6.30. The fourth-order valence-corrected chi connectivity index (χ4v) is 4.16. The molecule has 0 spiro atoms. The van der Waals surface area contributed by atoms with Crippen LogP contribution in [0.1, 0.15) is 5.56 Å². The van der Waals surface area contributed by atoms with E-state index in [0.29, 0.717) is 13.2 Å².